The smallest absolute Gasteiger partial charge is 0.307 e. The van der Waals surface area contributed by atoms with E-state index < -0.39 is 0 Å². The Morgan fingerprint density at radius 2 is 2.05 bits per heavy atom. The van der Waals surface area contributed by atoms with Crippen LogP contribution in [0.3, 0.4) is 0 Å². The number of thiazole rings is 1. The molecule has 1 aromatic heterocycles. The Morgan fingerprint density at radius 1 is 1.37 bits per heavy atom. The van der Waals surface area contributed by atoms with E-state index in [0.717, 1.165) is 37.2 Å². The molecule has 108 valence electrons. The summed E-state index contributed by atoms with van der Waals surface area (Å²) < 4.78 is 6.90. The third-order valence-electron chi connectivity index (χ3n) is 2.89. The molecular formula is C13H22N2O3S. The Labute approximate surface area is 117 Å². The van der Waals surface area contributed by atoms with Gasteiger partial charge in [0.25, 0.3) is 5.91 Å². The Balaban J connectivity index is 2.28. The van der Waals surface area contributed by atoms with Crippen molar-refractivity contribution in [1.29, 1.82) is 0 Å². The highest BCUT2D eigenvalue weighted by Gasteiger charge is 2.14. The van der Waals surface area contributed by atoms with Gasteiger partial charge in [0.15, 0.2) is 0 Å². The van der Waals surface area contributed by atoms with Crippen LogP contribution in [0, 0.1) is 6.92 Å². The molecule has 0 aromatic carbocycles. The zero-order valence-corrected chi connectivity index (χ0v) is 12.6. The summed E-state index contributed by atoms with van der Waals surface area (Å²) in [6, 6.07) is 0. The van der Waals surface area contributed by atoms with E-state index in [1.165, 1.54) is 4.57 Å². The molecule has 0 bridgehead atoms. The fourth-order valence-electron chi connectivity index (χ4n) is 1.53. The van der Waals surface area contributed by atoms with E-state index in [4.69, 9.17) is 4.74 Å². The molecule has 0 unspecified atom stereocenters. The monoisotopic (exact) mass is 286 g/mol. The van der Waals surface area contributed by atoms with Crippen LogP contribution < -0.4 is 10.2 Å². The molecule has 0 fully saturated rings. The third-order valence-corrected chi connectivity index (χ3v) is 4.03. The molecule has 0 saturated heterocycles. The van der Waals surface area contributed by atoms with Crippen LogP contribution in [0.5, 0.6) is 0 Å². The van der Waals surface area contributed by atoms with Crippen LogP contribution in [0.15, 0.2) is 4.79 Å². The van der Waals surface area contributed by atoms with Crippen molar-refractivity contribution in [3.8, 4) is 0 Å². The van der Waals surface area contributed by atoms with E-state index in [1.807, 2.05) is 0 Å². The molecule has 0 aliphatic rings. The summed E-state index contributed by atoms with van der Waals surface area (Å²) in [6.45, 7) is 5.91. The number of hydrogen-bond acceptors (Lipinski definition) is 4. The molecule has 19 heavy (non-hydrogen) atoms. The van der Waals surface area contributed by atoms with Gasteiger partial charge in [0, 0.05) is 32.5 Å². The highest BCUT2D eigenvalue weighted by atomic mass is 32.1. The van der Waals surface area contributed by atoms with Crippen molar-refractivity contribution in [2.24, 2.45) is 7.05 Å². The zero-order chi connectivity index (χ0) is 14.3. The van der Waals surface area contributed by atoms with Crippen molar-refractivity contribution in [3.63, 3.8) is 0 Å². The van der Waals surface area contributed by atoms with Crippen LogP contribution in [0.2, 0.25) is 0 Å². The molecule has 0 aliphatic heterocycles. The second-order valence-corrected chi connectivity index (χ2v) is 5.38. The topological polar surface area (TPSA) is 60.3 Å². The van der Waals surface area contributed by atoms with Crippen LogP contribution in [0.25, 0.3) is 0 Å². The maximum atomic E-state index is 11.9. The number of aromatic nitrogens is 1. The lowest BCUT2D eigenvalue weighted by molar-refractivity contribution is 0.0943. The predicted octanol–water partition coefficient (Wildman–Crippen LogP) is 1.69. The minimum atomic E-state index is -0.172. The second-order valence-electron chi connectivity index (χ2n) is 4.42. The molecule has 0 spiro atoms. The zero-order valence-electron chi connectivity index (χ0n) is 11.8. The fourth-order valence-corrected chi connectivity index (χ4v) is 2.43. The maximum absolute atomic E-state index is 11.9. The maximum Gasteiger partial charge on any atom is 0.307 e. The van der Waals surface area contributed by atoms with Crippen LogP contribution in [-0.4, -0.2) is 30.2 Å². The molecule has 0 saturated carbocycles. The van der Waals surface area contributed by atoms with Gasteiger partial charge in [-0.3, -0.25) is 9.59 Å². The van der Waals surface area contributed by atoms with Gasteiger partial charge in [-0.1, -0.05) is 24.7 Å². The summed E-state index contributed by atoms with van der Waals surface area (Å²) in [4.78, 5) is 23.7. The summed E-state index contributed by atoms with van der Waals surface area (Å²) in [5.41, 5.74) is 0.715. The SMILES string of the molecule is CCCCOCCCNC(=O)c1sc(=O)n(C)c1C. The van der Waals surface area contributed by atoms with Crippen molar-refractivity contribution in [1.82, 2.24) is 9.88 Å². The summed E-state index contributed by atoms with van der Waals surface area (Å²) in [7, 11) is 1.67. The molecule has 0 radical (unpaired) electrons. The normalized spacial score (nSPS) is 10.7. The lowest BCUT2D eigenvalue weighted by Gasteiger charge is -2.05. The number of carbonyl (C=O) groups is 1. The number of unbranched alkanes of at least 4 members (excludes halogenated alkanes) is 1. The second kappa shape index (κ2) is 8.12. The lowest BCUT2D eigenvalue weighted by atomic mass is 10.3. The van der Waals surface area contributed by atoms with E-state index in [0.29, 0.717) is 23.7 Å². The van der Waals surface area contributed by atoms with Crippen LogP contribution in [-0.2, 0) is 11.8 Å². The van der Waals surface area contributed by atoms with Gasteiger partial charge >= 0.3 is 4.87 Å². The van der Waals surface area contributed by atoms with Crippen molar-refractivity contribution in [3.05, 3.63) is 20.2 Å². The van der Waals surface area contributed by atoms with Gasteiger partial charge in [0.2, 0.25) is 0 Å². The van der Waals surface area contributed by atoms with Gasteiger partial charge in [-0.05, 0) is 19.8 Å². The number of nitrogens with zero attached hydrogens (tertiary/aromatic N) is 1. The highest BCUT2D eigenvalue weighted by molar-refractivity contribution is 7.11. The lowest BCUT2D eigenvalue weighted by Crippen LogP contribution is -2.25. The number of hydrogen-bond donors (Lipinski definition) is 1. The Bertz CT molecular complexity index is 465. The van der Waals surface area contributed by atoms with Crippen molar-refractivity contribution < 1.29 is 9.53 Å². The van der Waals surface area contributed by atoms with Gasteiger partial charge in [-0.15, -0.1) is 0 Å². The number of ether oxygens (including phenoxy) is 1. The minimum Gasteiger partial charge on any atom is -0.381 e. The first kappa shape index (κ1) is 15.9. The summed E-state index contributed by atoms with van der Waals surface area (Å²) in [5.74, 6) is -0.172. The van der Waals surface area contributed by atoms with Gasteiger partial charge in [0.1, 0.15) is 4.88 Å². The van der Waals surface area contributed by atoms with Crippen LogP contribution in [0.1, 0.15) is 41.6 Å². The first-order valence-corrected chi connectivity index (χ1v) is 7.42. The molecule has 6 heteroatoms. The Morgan fingerprint density at radius 3 is 2.63 bits per heavy atom. The molecule has 0 atom stereocenters. The van der Waals surface area contributed by atoms with Gasteiger partial charge in [-0.2, -0.15) is 0 Å². The number of rotatable bonds is 8. The average Bonchev–Trinajstić information content (AvgIpc) is 2.65. The molecule has 1 heterocycles. The van der Waals surface area contributed by atoms with Gasteiger partial charge in [-0.25, -0.2) is 0 Å². The molecule has 0 aliphatic carbocycles. The quantitative estimate of drug-likeness (QED) is 0.740. The Kier molecular flexibility index (Phi) is 6.80. The average molecular weight is 286 g/mol. The van der Waals surface area contributed by atoms with Gasteiger partial charge < -0.3 is 14.6 Å². The summed E-state index contributed by atoms with van der Waals surface area (Å²) in [6.07, 6.45) is 2.99. The highest BCUT2D eigenvalue weighted by Crippen LogP contribution is 2.09. The first-order valence-electron chi connectivity index (χ1n) is 6.60. The molecule has 1 amide bonds. The number of carbonyl (C=O) groups excluding carboxylic acids is 1. The molecule has 1 rings (SSSR count). The number of amides is 1. The molecule has 1 aromatic rings. The molecular weight excluding hydrogens is 264 g/mol. The van der Waals surface area contributed by atoms with Crippen LogP contribution >= 0.6 is 11.3 Å². The minimum absolute atomic E-state index is 0.106. The first-order chi connectivity index (χ1) is 9.07. The van der Waals surface area contributed by atoms with E-state index in [9.17, 15) is 9.59 Å². The van der Waals surface area contributed by atoms with E-state index >= 15 is 0 Å². The van der Waals surface area contributed by atoms with E-state index in [-0.39, 0.29) is 10.8 Å². The van der Waals surface area contributed by atoms with E-state index in [2.05, 4.69) is 12.2 Å². The molecule has 5 nitrogen and oxygen atoms in total. The van der Waals surface area contributed by atoms with Crippen molar-refractivity contribution >= 4 is 17.2 Å². The Hall–Kier alpha value is -1.14. The fraction of sp³-hybridized carbons (Fsp3) is 0.692. The third kappa shape index (κ3) is 4.80. The largest absolute Gasteiger partial charge is 0.381 e. The summed E-state index contributed by atoms with van der Waals surface area (Å²) >= 11 is 0.988. The van der Waals surface area contributed by atoms with E-state index in [1.54, 1.807) is 14.0 Å². The predicted molar refractivity (Wildman–Crippen MR) is 77.0 cm³/mol. The summed E-state index contributed by atoms with van der Waals surface area (Å²) in [5, 5.41) is 2.81. The molecule has 1 N–H and O–H groups in total. The van der Waals surface area contributed by atoms with Crippen molar-refractivity contribution in [2.45, 2.75) is 33.1 Å². The van der Waals surface area contributed by atoms with Crippen molar-refractivity contribution in [2.75, 3.05) is 19.8 Å². The van der Waals surface area contributed by atoms with Crippen LogP contribution in [0.4, 0.5) is 0 Å². The standard InChI is InChI=1S/C13H22N2O3S/c1-4-5-8-18-9-6-7-14-12(16)11-10(2)15(3)13(17)19-11/h4-9H2,1-3H3,(H,14,16). The number of nitrogens with one attached hydrogen (secondary N) is 1. The van der Waals surface area contributed by atoms with Gasteiger partial charge in [0.05, 0.1) is 0 Å².